The van der Waals surface area contributed by atoms with Gasteiger partial charge in [0.25, 0.3) is 0 Å². The molecule has 0 fully saturated rings. The smallest absolute Gasteiger partial charge is 0.173 e. The van der Waals surface area contributed by atoms with E-state index in [1.807, 2.05) is 46.0 Å². The van der Waals surface area contributed by atoms with E-state index in [-0.39, 0.29) is 5.82 Å². The summed E-state index contributed by atoms with van der Waals surface area (Å²) in [5.41, 5.74) is 1.61. The van der Waals surface area contributed by atoms with Crippen LogP contribution in [0, 0.1) is 5.82 Å². The molecule has 0 saturated carbocycles. The highest BCUT2D eigenvalue weighted by molar-refractivity contribution is 7.80. The van der Waals surface area contributed by atoms with Gasteiger partial charge in [0.1, 0.15) is 5.82 Å². The number of para-hydroxylation sites is 1. The van der Waals surface area contributed by atoms with Crippen LogP contribution in [0.3, 0.4) is 0 Å². The first kappa shape index (κ1) is 19.3. The summed E-state index contributed by atoms with van der Waals surface area (Å²) in [6.45, 7) is 2.05. The molecule has 0 atom stereocenters. The van der Waals surface area contributed by atoms with Crippen molar-refractivity contribution in [3.63, 3.8) is 0 Å². The van der Waals surface area contributed by atoms with E-state index in [1.54, 1.807) is 18.6 Å². The van der Waals surface area contributed by atoms with Crippen molar-refractivity contribution in [3.8, 4) is 0 Å². The average Bonchev–Trinajstić information content (AvgIpc) is 3.16. The summed E-state index contributed by atoms with van der Waals surface area (Å²) >= 11 is 11.8. The Hall–Kier alpha value is -2.44. The van der Waals surface area contributed by atoms with Crippen molar-refractivity contribution < 1.29 is 4.39 Å². The van der Waals surface area contributed by atoms with Crippen LogP contribution in [0.4, 0.5) is 10.1 Å². The molecule has 0 unspecified atom stereocenters. The van der Waals surface area contributed by atoms with Crippen LogP contribution in [0.2, 0.25) is 5.02 Å². The topological polar surface area (TPSA) is 33.1 Å². The van der Waals surface area contributed by atoms with Crippen LogP contribution in [0.15, 0.2) is 67.3 Å². The van der Waals surface area contributed by atoms with Crippen molar-refractivity contribution in [2.75, 3.05) is 11.9 Å². The van der Waals surface area contributed by atoms with Crippen molar-refractivity contribution in [2.24, 2.45) is 0 Å². The molecule has 7 heteroatoms. The Morgan fingerprint density at radius 2 is 2.07 bits per heavy atom. The van der Waals surface area contributed by atoms with Crippen LogP contribution in [0.5, 0.6) is 0 Å². The van der Waals surface area contributed by atoms with Gasteiger partial charge in [-0.05, 0) is 48.5 Å². The molecule has 2 aromatic carbocycles. The van der Waals surface area contributed by atoms with Gasteiger partial charge in [0.15, 0.2) is 5.11 Å². The van der Waals surface area contributed by atoms with Gasteiger partial charge in [-0.15, -0.1) is 0 Å². The Morgan fingerprint density at radius 1 is 1.22 bits per heavy atom. The Balaban J connectivity index is 1.69. The van der Waals surface area contributed by atoms with Gasteiger partial charge in [0.2, 0.25) is 0 Å². The molecular weight excluding hydrogens is 383 g/mol. The molecule has 0 amide bonds. The van der Waals surface area contributed by atoms with Crippen molar-refractivity contribution in [3.05, 3.63) is 83.7 Å². The highest BCUT2D eigenvalue weighted by Crippen LogP contribution is 2.21. The lowest BCUT2D eigenvalue weighted by molar-refractivity contribution is 0.395. The minimum atomic E-state index is -0.254. The van der Waals surface area contributed by atoms with Gasteiger partial charge in [0, 0.05) is 32.0 Å². The van der Waals surface area contributed by atoms with Crippen LogP contribution >= 0.6 is 23.8 Å². The number of imidazole rings is 1. The number of nitrogens with zero attached hydrogens (tertiary/aromatic N) is 3. The lowest BCUT2D eigenvalue weighted by atomic mass is 10.2. The quantitative estimate of drug-likeness (QED) is 0.566. The minimum Gasteiger partial charge on any atom is -0.345 e. The maximum Gasteiger partial charge on any atom is 0.173 e. The van der Waals surface area contributed by atoms with Crippen LogP contribution in [0.1, 0.15) is 12.0 Å². The summed E-state index contributed by atoms with van der Waals surface area (Å²) in [5, 5.41) is 4.36. The number of hydrogen-bond acceptors (Lipinski definition) is 2. The van der Waals surface area contributed by atoms with Gasteiger partial charge >= 0.3 is 0 Å². The molecule has 0 bridgehead atoms. The number of aromatic nitrogens is 2. The van der Waals surface area contributed by atoms with Gasteiger partial charge in [-0.3, -0.25) is 0 Å². The minimum absolute atomic E-state index is 0.254. The molecule has 0 spiro atoms. The van der Waals surface area contributed by atoms with Crippen LogP contribution < -0.4 is 5.32 Å². The van der Waals surface area contributed by atoms with E-state index >= 15 is 0 Å². The summed E-state index contributed by atoms with van der Waals surface area (Å²) in [6.07, 6.45) is 6.35. The molecule has 1 aromatic heterocycles. The molecule has 1 N–H and O–H groups in total. The van der Waals surface area contributed by atoms with Crippen molar-refractivity contribution >= 4 is 34.6 Å². The molecule has 3 rings (SSSR count). The first-order valence-corrected chi connectivity index (χ1v) is 9.41. The predicted octanol–water partition coefficient (Wildman–Crippen LogP) is 4.96. The fourth-order valence-electron chi connectivity index (χ4n) is 2.73. The maximum absolute atomic E-state index is 13.6. The Bertz CT molecular complexity index is 885. The average molecular weight is 403 g/mol. The SMILES string of the molecule is Fc1cccc(CN(CCCn2ccnc2)C(=S)Nc2ccccc2Cl)c1. The number of anilines is 1. The molecule has 0 aliphatic heterocycles. The Labute approximate surface area is 168 Å². The first-order chi connectivity index (χ1) is 13.1. The fraction of sp³-hybridized carbons (Fsp3) is 0.200. The highest BCUT2D eigenvalue weighted by Gasteiger charge is 2.12. The number of nitrogens with one attached hydrogen (secondary N) is 1. The summed E-state index contributed by atoms with van der Waals surface area (Å²) in [7, 11) is 0. The molecule has 1 heterocycles. The van der Waals surface area contributed by atoms with Gasteiger partial charge in [0.05, 0.1) is 17.0 Å². The van der Waals surface area contributed by atoms with E-state index in [9.17, 15) is 4.39 Å². The third-order valence-electron chi connectivity index (χ3n) is 4.07. The van der Waals surface area contributed by atoms with E-state index in [2.05, 4.69) is 10.3 Å². The lowest BCUT2D eigenvalue weighted by Gasteiger charge is -2.26. The van der Waals surface area contributed by atoms with Gasteiger partial charge in [-0.1, -0.05) is 35.9 Å². The number of rotatable bonds is 7. The van der Waals surface area contributed by atoms with E-state index in [4.69, 9.17) is 23.8 Å². The number of aryl methyl sites for hydroxylation is 1. The predicted molar refractivity (Wildman–Crippen MR) is 111 cm³/mol. The molecule has 3 aromatic rings. The Morgan fingerprint density at radius 3 is 2.81 bits per heavy atom. The number of hydrogen-bond donors (Lipinski definition) is 1. The zero-order chi connectivity index (χ0) is 19.1. The second-order valence-electron chi connectivity index (χ2n) is 6.12. The monoisotopic (exact) mass is 402 g/mol. The molecule has 27 heavy (non-hydrogen) atoms. The second-order valence-corrected chi connectivity index (χ2v) is 6.91. The van der Waals surface area contributed by atoms with E-state index < -0.39 is 0 Å². The standard InChI is InChI=1S/C20H20ClFN4S/c21-18-7-1-2-8-19(18)24-20(27)26(11-4-10-25-12-9-23-15-25)14-16-5-3-6-17(22)13-16/h1-3,5-9,12-13,15H,4,10-11,14H2,(H,24,27). The largest absolute Gasteiger partial charge is 0.345 e. The van der Waals surface area contributed by atoms with E-state index in [0.29, 0.717) is 23.2 Å². The first-order valence-electron chi connectivity index (χ1n) is 8.62. The van der Waals surface area contributed by atoms with Gasteiger partial charge in [-0.2, -0.15) is 0 Å². The molecule has 0 aliphatic rings. The van der Waals surface area contributed by atoms with Gasteiger partial charge < -0.3 is 14.8 Å². The molecule has 140 valence electrons. The molecule has 0 aliphatic carbocycles. The molecule has 0 radical (unpaired) electrons. The lowest BCUT2D eigenvalue weighted by Crippen LogP contribution is -2.35. The highest BCUT2D eigenvalue weighted by atomic mass is 35.5. The Kier molecular flexibility index (Phi) is 6.79. The molecular formula is C20H20ClFN4S. The summed E-state index contributed by atoms with van der Waals surface area (Å²) in [6, 6.07) is 14.0. The molecule has 4 nitrogen and oxygen atoms in total. The zero-order valence-electron chi connectivity index (χ0n) is 14.7. The summed E-state index contributed by atoms with van der Waals surface area (Å²) < 4.78 is 15.6. The van der Waals surface area contributed by atoms with Crippen LogP contribution in [0.25, 0.3) is 0 Å². The van der Waals surface area contributed by atoms with Crippen molar-refractivity contribution in [2.45, 2.75) is 19.5 Å². The number of thiocarbonyl (C=S) groups is 1. The normalized spacial score (nSPS) is 10.6. The zero-order valence-corrected chi connectivity index (χ0v) is 16.3. The fourth-order valence-corrected chi connectivity index (χ4v) is 3.18. The van der Waals surface area contributed by atoms with Crippen LogP contribution in [-0.2, 0) is 13.1 Å². The third kappa shape index (κ3) is 5.77. The van der Waals surface area contributed by atoms with E-state index in [1.165, 1.54) is 12.1 Å². The number of halogens is 2. The number of benzene rings is 2. The van der Waals surface area contributed by atoms with Gasteiger partial charge in [-0.25, -0.2) is 9.37 Å². The summed E-state index contributed by atoms with van der Waals surface area (Å²) in [5.74, 6) is -0.254. The maximum atomic E-state index is 13.6. The summed E-state index contributed by atoms with van der Waals surface area (Å²) in [4.78, 5) is 6.07. The van der Waals surface area contributed by atoms with E-state index in [0.717, 1.165) is 24.2 Å². The third-order valence-corrected chi connectivity index (χ3v) is 4.76. The van der Waals surface area contributed by atoms with Crippen molar-refractivity contribution in [1.82, 2.24) is 14.5 Å². The van der Waals surface area contributed by atoms with Crippen molar-refractivity contribution in [1.29, 1.82) is 0 Å². The van der Waals surface area contributed by atoms with Crippen LogP contribution in [-0.4, -0.2) is 26.1 Å². The molecule has 0 saturated heterocycles. The second kappa shape index (κ2) is 9.48.